The molecular formula is C10H17ClF3NO2. The van der Waals surface area contributed by atoms with Crippen molar-refractivity contribution in [1.82, 2.24) is 5.32 Å². The van der Waals surface area contributed by atoms with E-state index in [0.29, 0.717) is 6.54 Å². The largest absolute Gasteiger partial charge is 0.411 e. The van der Waals surface area contributed by atoms with Crippen LogP contribution in [0.5, 0.6) is 0 Å². The molecule has 0 heterocycles. The first kappa shape index (κ1) is 16.5. The average molecular weight is 276 g/mol. The molecule has 0 aliphatic carbocycles. The van der Waals surface area contributed by atoms with Gasteiger partial charge in [-0.15, -0.1) is 11.6 Å². The number of carbonyl (C=O) groups is 1. The first-order valence-corrected chi connectivity index (χ1v) is 5.71. The minimum Gasteiger partial charge on any atom is -0.372 e. The Kier molecular flexibility index (Phi) is 7.54. The van der Waals surface area contributed by atoms with Gasteiger partial charge in [0.2, 0.25) is 5.91 Å². The van der Waals surface area contributed by atoms with E-state index < -0.39 is 12.8 Å². The van der Waals surface area contributed by atoms with Crippen molar-refractivity contribution in [1.29, 1.82) is 0 Å². The molecule has 0 aromatic heterocycles. The second-order valence-electron chi connectivity index (χ2n) is 3.98. The van der Waals surface area contributed by atoms with Gasteiger partial charge in [0.1, 0.15) is 6.61 Å². The first-order chi connectivity index (χ1) is 7.72. The minimum absolute atomic E-state index is 0.0994. The zero-order valence-electron chi connectivity index (χ0n) is 9.81. The van der Waals surface area contributed by atoms with Crippen LogP contribution in [0.25, 0.3) is 0 Å². The Labute approximate surface area is 104 Å². The number of hydrogen-bond donors (Lipinski definition) is 1. The van der Waals surface area contributed by atoms with E-state index in [1.165, 1.54) is 0 Å². The van der Waals surface area contributed by atoms with Crippen molar-refractivity contribution in [3.63, 3.8) is 0 Å². The van der Waals surface area contributed by atoms with Crippen LogP contribution in [0.3, 0.4) is 0 Å². The first-order valence-electron chi connectivity index (χ1n) is 5.27. The predicted octanol–water partition coefficient (Wildman–Crippen LogP) is 2.33. The monoisotopic (exact) mass is 275 g/mol. The van der Waals surface area contributed by atoms with Crippen LogP contribution in [0.15, 0.2) is 0 Å². The van der Waals surface area contributed by atoms with Crippen LogP contribution in [-0.2, 0) is 9.53 Å². The highest BCUT2D eigenvalue weighted by Crippen LogP contribution is 2.14. The Morgan fingerprint density at radius 1 is 1.41 bits per heavy atom. The summed E-state index contributed by atoms with van der Waals surface area (Å²) in [5, 5.41) is 2.34. The summed E-state index contributed by atoms with van der Waals surface area (Å²) in [6, 6.07) is 0. The van der Waals surface area contributed by atoms with E-state index in [0.717, 1.165) is 0 Å². The maximum atomic E-state index is 11.7. The number of ether oxygens (including phenoxy) is 1. The summed E-state index contributed by atoms with van der Waals surface area (Å²) in [6.45, 7) is 2.55. The molecule has 1 unspecified atom stereocenters. The maximum Gasteiger partial charge on any atom is 0.411 e. The van der Waals surface area contributed by atoms with Gasteiger partial charge in [0.25, 0.3) is 0 Å². The van der Waals surface area contributed by atoms with E-state index in [2.05, 4.69) is 10.1 Å². The van der Waals surface area contributed by atoms with Gasteiger partial charge in [-0.3, -0.25) is 4.79 Å². The number of halogens is 4. The van der Waals surface area contributed by atoms with E-state index in [4.69, 9.17) is 11.6 Å². The van der Waals surface area contributed by atoms with E-state index in [-0.39, 0.29) is 30.2 Å². The molecule has 7 heteroatoms. The lowest BCUT2D eigenvalue weighted by Gasteiger charge is -2.14. The molecule has 1 atom stereocenters. The van der Waals surface area contributed by atoms with E-state index in [9.17, 15) is 18.0 Å². The van der Waals surface area contributed by atoms with Gasteiger partial charge in [0.15, 0.2) is 0 Å². The van der Waals surface area contributed by atoms with Crippen molar-refractivity contribution in [3.05, 3.63) is 0 Å². The normalized spacial score (nSPS) is 13.8. The molecule has 0 fully saturated rings. The molecule has 1 amide bonds. The summed E-state index contributed by atoms with van der Waals surface area (Å²) in [6.07, 6.45) is -4.45. The van der Waals surface area contributed by atoms with Gasteiger partial charge in [-0.25, -0.2) is 0 Å². The van der Waals surface area contributed by atoms with Crippen molar-refractivity contribution < 1.29 is 22.7 Å². The molecule has 0 rings (SSSR count). The lowest BCUT2D eigenvalue weighted by atomic mass is 10.1. The fourth-order valence-electron chi connectivity index (χ4n) is 0.888. The summed E-state index contributed by atoms with van der Waals surface area (Å²) in [7, 11) is 0. The summed E-state index contributed by atoms with van der Waals surface area (Å²) in [5.74, 6) is -0.142. The van der Waals surface area contributed by atoms with Crippen molar-refractivity contribution in [2.24, 2.45) is 5.92 Å². The van der Waals surface area contributed by atoms with Gasteiger partial charge >= 0.3 is 6.18 Å². The number of nitrogens with one attached hydrogen (secondary N) is 1. The van der Waals surface area contributed by atoms with Crippen molar-refractivity contribution >= 4 is 17.5 Å². The highest BCUT2D eigenvalue weighted by molar-refractivity contribution is 6.21. The Balaban J connectivity index is 3.54. The summed E-state index contributed by atoms with van der Waals surface area (Å²) < 4.78 is 39.3. The molecule has 1 N–H and O–H groups in total. The standard InChI is InChI=1S/C10H17ClF3NO2/c1-7(2)8(11)5-15-9(16)3-4-17-6-10(12,13)14/h7-8H,3-6H2,1-2H3,(H,15,16). The molecule has 3 nitrogen and oxygen atoms in total. The second-order valence-corrected chi connectivity index (χ2v) is 4.54. The average Bonchev–Trinajstić information content (AvgIpc) is 2.19. The smallest absolute Gasteiger partial charge is 0.372 e. The molecular weight excluding hydrogens is 259 g/mol. The molecule has 102 valence electrons. The fourth-order valence-corrected chi connectivity index (χ4v) is 0.965. The molecule has 0 aliphatic heterocycles. The van der Waals surface area contributed by atoms with E-state index in [1.807, 2.05) is 13.8 Å². The molecule has 0 aromatic rings. The summed E-state index contributed by atoms with van der Waals surface area (Å²) >= 11 is 5.89. The van der Waals surface area contributed by atoms with Crippen LogP contribution >= 0.6 is 11.6 Å². The number of rotatable bonds is 7. The fraction of sp³-hybridized carbons (Fsp3) is 0.900. The Morgan fingerprint density at radius 3 is 2.47 bits per heavy atom. The highest BCUT2D eigenvalue weighted by Gasteiger charge is 2.27. The topological polar surface area (TPSA) is 38.3 Å². The zero-order valence-corrected chi connectivity index (χ0v) is 10.6. The Bertz CT molecular complexity index is 234. The van der Waals surface area contributed by atoms with Crippen molar-refractivity contribution in [2.45, 2.75) is 31.8 Å². The quantitative estimate of drug-likeness (QED) is 0.572. The number of alkyl halides is 4. The molecule has 0 aromatic carbocycles. The Hall–Kier alpha value is -0.490. The Morgan fingerprint density at radius 2 is 2.00 bits per heavy atom. The maximum absolute atomic E-state index is 11.7. The zero-order chi connectivity index (χ0) is 13.5. The highest BCUT2D eigenvalue weighted by atomic mass is 35.5. The second kappa shape index (κ2) is 7.76. The number of carbonyl (C=O) groups excluding carboxylic acids is 1. The lowest BCUT2D eigenvalue weighted by molar-refractivity contribution is -0.174. The predicted molar refractivity (Wildman–Crippen MR) is 59.0 cm³/mol. The lowest BCUT2D eigenvalue weighted by Crippen LogP contribution is -2.32. The van der Waals surface area contributed by atoms with E-state index in [1.54, 1.807) is 0 Å². The number of hydrogen-bond acceptors (Lipinski definition) is 2. The van der Waals surface area contributed by atoms with E-state index >= 15 is 0 Å². The van der Waals surface area contributed by atoms with Gasteiger partial charge < -0.3 is 10.1 Å². The third-order valence-electron chi connectivity index (χ3n) is 1.96. The SMILES string of the molecule is CC(C)C(Cl)CNC(=O)CCOCC(F)(F)F. The van der Waals surface area contributed by atoms with Crippen molar-refractivity contribution in [3.8, 4) is 0 Å². The van der Waals surface area contributed by atoms with Crippen LogP contribution in [-0.4, -0.2) is 37.2 Å². The van der Waals surface area contributed by atoms with Crippen molar-refractivity contribution in [2.75, 3.05) is 19.8 Å². The van der Waals surface area contributed by atoms with Crippen LogP contribution in [0.1, 0.15) is 20.3 Å². The summed E-state index contributed by atoms with van der Waals surface area (Å²) in [4.78, 5) is 11.2. The molecule has 0 aliphatic rings. The molecule has 0 bridgehead atoms. The minimum atomic E-state index is -4.35. The summed E-state index contributed by atoms with van der Waals surface area (Å²) in [5.41, 5.74) is 0. The van der Waals surface area contributed by atoms with Gasteiger partial charge in [-0.05, 0) is 5.92 Å². The van der Waals surface area contributed by atoms with Crippen LogP contribution in [0.2, 0.25) is 0 Å². The molecule has 0 radical (unpaired) electrons. The van der Waals surface area contributed by atoms with Crippen LogP contribution < -0.4 is 5.32 Å². The third kappa shape index (κ3) is 10.4. The molecule has 0 saturated heterocycles. The van der Waals surface area contributed by atoms with Crippen LogP contribution in [0, 0.1) is 5.92 Å². The molecule has 0 saturated carbocycles. The van der Waals surface area contributed by atoms with Crippen LogP contribution in [0.4, 0.5) is 13.2 Å². The van der Waals surface area contributed by atoms with Gasteiger partial charge in [0.05, 0.1) is 12.0 Å². The third-order valence-corrected chi connectivity index (χ3v) is 2.62. The van der Waals surface area contributed by atoms with Gasteiger partial charge in [-0.1, -0.05) is 13.8 Å². The molecule has 17 heavy (non-hydrogen) atoms. The van der Waals surface area contributed by atoms with Gasteiger partial charge in [-0.2, -0.15) is 13.2 Å². The molecule has 0 spiro atoms. The number of amides is 1. The van der Waals surface area contributed by atoms with Gasteiger partial charge in [0, 0.05) is 13.0 Å².